The molecule has 0 spiro atoms. The molecule has 1 aromatic carbocycles. The van der Waals surface area contributed by atoms with Gasteiger partial charge in [-0.3, -0.25) is 25.4 Å². The molecule has 0 bridgehead atoms. The van der Waals surface area contributed by atoms with Gasteiger partial charge in [-0.25, -0.2) is 0 Å². The maximum absolute atomic E-state index is 11.8. The summed E-state index contributed by atoms with van der Waals surface area (Å²) in [6.45, 7) is 0. The van der Waals surface area contributed by atoms with E-state index in [1.54, 1.807) is 25.3 Å². The summed E-state index contributed by atoms with van der Waals surface area (Å²) in [7, 11) is 1.59. The van der Waals surface area contributed by atoms with Crippen LogP contribution in [0.1, 0.15) is 22.5 Å². The van der Waals surface area contributed by atoms with Crippen LogP contribution in [0.15, 0.2) is 48.7 Å². The highest BCUT2D eigenvalue weighted by Crippen LogP contribution is 2.18. The van der Waals surface area contributed by atoms with Gasteiger partial charge in [0.05, 0.1) is 7.11 Å². The van der Waals surface area contributed by atoms with Crippen LogP contribution in [0.25, 0.3) is 0 Å². The molecule has 2 aromatic rings. The van der Waals surface area contributed by atoms with Crippen LogP contribution >= 0.6 is 0 Å². The molecule has 2 rings (SSSR count). The number of amides is 2. The van der Waals surface area contributed by atoms with Gasteiger partial charge in [0.1, 0.15) is 11.4 Å². The summed E-state index contributed by atoms with van der Waals surface area (Å²) in [6, 6.07) is 12.5. The molecule has 6 nitrogen and oxygen atoms in total. The Morgan fingerprint density at radius 3 is 2.59 bits per heavy atom. The van der Waals surface area contributed by atoms with E-state index in [1.165, 1.54) is 6.20 Å². The van der Waals surface area contributed by atoms with Gasteiger partial charge in [0.2, 0.25) is 5.91 Å². The van der Waals surface area contributed by atoms with Crippen molar-refractivity contribution in [3.05, 3.63) is 59.9 Å². The molecule has 2 N–H and O–H groups in total. The van der Waals surface area contributed by atoms with Gasteiger partial charge in [-0.2, -0.15) is 0 Å². The van der Waals surface area contributed by atoms with E-state index in [9.17, 15) is 9.59 Å². The molecule has 0 fully saturated rings. The lowest BCUT2D eigenvalue weighted by atomic mass is 10.1. The number of ether oxygens (including phenoxy) is 1. The number of aryl methyl sites for hydroxylation is 1. The van der Waals surface area contributed by atoms with Crippen molar-refractivity contribution < 1.29 is 14.3 Å². The number of nitrogens with zero attached hydrogens (tertiary/aromatic N) is 1. The smallest absolute Gasteiger partial charge is 0.288 e. The van der Waals surface area contributed by atoms with E-state index in [4.69, 9.17) is 4.74 Å². The fraction of sp³-hybridized carbons (Fsp3) is 0.188. The highest BCUT2D eigenvalue weighted by Gasteiger charge is 2.09. The van der Waals surface area contributed by atoms with Gasteiger partial charge in [0, 0.05) is 12.6 Å². The fourth-order valence-electron chi connectivity index (χ4n) is 1.91. The minimum absolute atomic E-state index is 0.239. The van der Waals surface area contributed by atoms with Gasteiger partial charge in [-0.1, -0.05) is 24.3 Å². The lowest BCUT2D eigenvalue weighted by Gasteiger charge is -2.09. The van der Waals surface area contributed by atoms with E-state index in [2.05, 4.69) is 15.8 Å². The Labute approximate surface area is 128 Å². The lowest BCUT2D eigenvalue weighted by Crippen LogP contribution is -2.42. The third-order valence-electron chi connectivity index (χ3n) is 3.03. The first-order chi connectivity index (χ1) is 10.7. The molecule has 0 aliphatic rings. The Balaban J connectivity index is 1.80. The normalized spacial score (nSPS) is 9.86. The first-order valence-corrected chi connectivity index (χ1v) is 6.83. The van der Waals surface area contributed by atoms with E-state index >= 15 is 0 Å². The van der Waals surface area contributed by atoms with Gasteiger partial charge in [0.25, 0.3) is 5.91 Å². The topological polar surface area (TPSA) is 80.3 Å². The third-order valence-corrected chi connectivity index (χ3v) is 3.03. The summed E-state index contributed by atoms with van der Waals surface area (Å²) in [4.78, 5) is 27.4. The van der Waals surface area contributed by atoms with Crippen LogP contribution in [0.4, 0.5) is 0 Å². The Kier molecular flexibility index (Phi) is 5.48. The summed E-state index contributed by atoms with van der Waals surface area (Å²) >= 11 is 0. The van der Waals surface area contributed by atoms with Crippen molar-refractivity contribution in [2.75, 3.05) is 7.11 Å². The molecule has 6 heteroatoms. The second-order valence-electron chi connectivity index (χ2n) is 4.53. The second-order valence-corrected chi connectivity index (χ2v) is 4.53. The molecule has 2 amide bonds. The average molecular weight is 299 g/mol. The molecule has 0 atom stereocenters. The molecule has 0 unspecified atom stereocenters. The molecule has 0 aliphatic heterocycles. The van der Waals surface area contributed by atoms with Crippen LogP contribution in [-0.4, -0.2) is 23.9 Å². The largest absolute Gasteiger partial charge is 0.496 e. The maximum Gasteiger partial charge on any atom is 0.288 e. The number of carbonyl (C=O) groups excluding carboxylic acids is 2. The highest BCUT2D eigenvalue weighted by molar-refractivity contribution is 5.93. The van der Waals surface area contributed by atoms with Crippen LogP contribution < -0.4 is 15.6 Å². The second kappa shape index (κ2) is 7.78. The number of hydrogen-bond acceptors (Lipinski definition) is 4. The minimum Gasteiger partial charge on any atom is -0.496 e. The van der Waals surface area contributed by atoms with Crippen LogP contribution in [0.2, 0.25) is 0 Å². The molecule has 0 saturated heterocycles. The summed E-state index contributed by atoms with van der Waals surface area (Å²) in [5.41, 5.74) is 5.88. The van der Waals surface area contributed by atoms with Crippen molar-refractivity contribution in [1.82, 2.24) is 15.8 Å². The van der Waals surface area contributed by atoms with E-state index in [1.807, 2.05) is 24.3 Å². The van der Waals surface area contributed by atoms with E-state index < -0.39 is 5.91 Å². The first kappa shape index (κ1) is 15.5. The number of methoxy groups -OCH3 is 1. The van der Waals surface area contributed by atoms with Crippen LogP contribution in [0, 0.1) is 0 Å². The standard InChI is InChI=1S/C16H17N3O3/c1-22-14-8-3-2-6-12(14)9-10-15(20)18-19-16(21)13-7-4-5-11-17-13/h2-8,11H,9-10H2,1H3,(H,18,20)(H,19,21). The fourth-order valence-corrected chi connectivity index (χ4v) is 1.91. The Morgan fingerprint density at radius 2 is 1.86 bits per heavy atom. The number of aromatic nitrogens is 1. The van der Waals surface area contributed by atoms with E-state index in [-0.39, 0.29) is 18.0 Å². The number of benzene rings is 1. The summed E-state index contributed by atoms with van der Waals surface area (Å²) in [5, 5.41) is 0. The molecular weight excluding hydrogens is 282 g/mol. The number of hydrogen-bond donors (Lipinski definition) is 2. The summed E-state index contributed by atoms with van der Waals surface area (Å²) < 4.78 is 5.22. The van der Waals surface area contributed by atoms with Crippen molar-refractivity contribution in [3.63, 3.8) is 0 Å². The van der Waals surface area contributed by atoms with Crippen molar-refractivity contribution in [1.29, 1.82) is 0 Å². The van der Waals surface area contributed by atoms with Crippen molar-refractivity contribution in [2.24, 2.45) is 0 Å². The van der Waals surface area contributed by atoms with Gasteiger partial charge in [0.15, 0.2) is 0 Å². The molecule has 114 valence electrons. The van der Waals surface area contributed by atoms with Crippen LogP contribution in [0.3, 0.4) is 0 Å². The van der Waals surface area contributed by atoms with Gasteiger partial charge in [-0.05, 0) is 30.2 Å². The number of rotatable bonds is 5. The molecule has 0 saturated carbocycles. The predicted molar refractivity (Wildman–Crippen MR) is 81.2 cm³/mol. The van der Waals surface area contributed by atoms with Crippen molar-refractivity contribution in [2.45, 2.75) is 12.8 Å². The molecule has 0 radical (unpaired) electrons. The first-order valence-electron chi connectivity index (χ1n) is 6.83. The third kappa shape index (κ3) is 4.31. The Morgan fingerprint density at radius 1 is 1.09 bits per heavy atom. The summed E-state index contributed by atoms with van der Waals surface area (Å²) in [6.07, 6.45) is 2.27. The molecular formula is C16H17N3O3. The average Bonchev–Trinajstić information content (AvgIpc) is 2.58. The quantitative estimate of drug-likeness (QED) is 0.820. The number of carbonyl (C=O) groups is 2. The summed E-state index contributed by atoms with van der Waals surface area (Å²) in [5.74, 6) is 0.00856. The zero-order valence-corrected chi connectivity index (χ0v) is 12.2. The zero-order chi connectivity index (χ0) is 15.8. The van der Waals surface area contributed by atoms with E-state index in [0.29, 0.717) is 6.42 Å². The highest BCUT2D eigenvalue weighted by atomic mass is 16.5. The number of hydrazine groups is 1. The monoisotopic (exact) mass is 299 g/mol. The SMILES string of the molecule is COc1ccccc1CCC(=O)NNC(=O)c1ccccn1. The molecule has 22 heavy (non-hydrogen) atoms. The number of pyridine rings is 1. The van der Waals surface area contributed by atoms with Gasteiger partial charge < -0.3 is 4.74 Å². The van der Waals surface area contributed by atoms with Gasteiger partial charge in [-0.15, -0.1) is 0 Å². The number of nitrogens with one attached hydrogen (secondary N) is 2. The molecule has 1 aromatic heterocycles. The molecule has 0 aliphatic carbocycles. The van der Waals surface area contributed by atoms with Crippen LogP contribution in [-0.2, 0) is 11.2 Å². The van der Waals surface area contributed by atoms with Crippen LogP contribution in [0.5, 0.6) is 5.75 Å². The molecule has 1 heterocycles. The Bertz CT molecular complexity index is 644. The van der Waals surface area contributed by atoms with Gasteiger partial charge >= 0.3 is 0 Å². The predicted octanol–water partition coefficient (Wildman–Crippen LogP) is 1.48. The van der Waals surface area contributed by atoms with Crippen molar-refractivity contribution in [3.8, 4) is 5.75 Å². The zero-order valence-electron chi connectivity index (χ0n) is 12.2. The van der Waals surface area contributed by atoms with Crippen molar-refractivity contribution >= 4 is 11.8 Å². The maximum atomic E-state index is 11.8. The minimum atomic E-state index is -0.453. The number of para-hydroxylation sites is 1. The lowest BCUT2D eigenvalue weighted by molar-refractivity contribution is -0.121. The Hall–Kier alpha value is -2.89. The van der Waals surface area contributed by atoms with E-state index in [0.717, 1.165) is 11.3 Å².